The number of hydrogen-bond donors (Lipinski definition) is 4. The summed E-state index contributed by atoms with van der Waals surface area (Å²) in [6, 6.07) is 14.2. The van der Waals surface area contributed by atoms with Crippen LogP contribution in [-0.4, -0.2) is 23.3 Å². The van der Waals surface area contributed by atoms with E-state index in [0.717, 1.165) is 58.6 Å². The summed E-state index contributed by atoms with van der Waals surface area (Å²) in [5.41, 5.74) is 12.2. The third-order valence-electron chi connectivity index (χ3n) is 6.40. The summed E-state index contributed by atoms with van der Waals surface area (Å²) >= 11 is 6.68. The van der Waals surface area contributed by atoms with Gasteiger partial charge in [-0.2, -0.15) is 0 Å². The average molecular weight is 608 g/mol. The largest absolute Gasteiger partial charge is 0.368 e. The van der Waals surface area contributed by atoms with Crippen molar-refractivity contribution >= 4 is 49.5 Å². The molecule has 1 aliphatic heterocycles. The van der Waals surface area contributed by atoms with Gasteiger partial charge < -0.3 is 16.8 Å². The van der Waals surface area contributed by atoms with Gasteiger partial charge >= 0.3 is 0 Å². The van der Waals surface area contributed by atoms with Crippen LogP contribution in [0.3, 0.4) is 0 Å². The lowest BCUT2D eigenvalue weighted by atomic mass is 10.1. The van der Waals surface area contributed by atoms with Crippen molar-refractivity contribution in [1.82, 2.24) is 10.6 Å². The molecular weight excluding hydrogens is 576 g/mol. The molecule has 2 atom stereocenters. The van der Waals surface area contributed by atoms with Gasteiger partial charge in [0.15, 0.2) is 0 Å². The van der Waals surface area contributed by atoms with E-state index in [1.165, 1.54) is 12.8 Å². The van der Waals surface area contributed by atoms with Crippen LogP contribution in [0.1, 0.15) is 74.6 Å². The Morgan fingerprint density at radius 1 is 0.886 bits per heavy atom. The predicted molar refractivity (Wildman–Crippen MR) is 143 cm³/mol. The first kappa shape index (κ1) is 27.5. The fourth-order valence-corrected chi connectivity index (χ4v) is 4.96. The minimum Gasteiger partial charge on any atom is -0.368 e. The van der Waals surface area contributed by atoms with Crippen LogP contribution in [0.2, 0.25) is 0 Å². The van der Waals surface area contributed by atoms with Gasteiger partial charge in [0.05, 0.1) is 5.66 Å². The molecule has 0 bridgehead atoms. The number of halogens is 2. The van der Waals surface area contributed by atoms with Crippen molar-refractivity contribution in [2.75, 3.05) is 0 Å². The van der Waals surface area contributed by atoms with Gasteiger partial charge in [0.1, 0.15) is 17.9 Å². The van der Waals surface area contributed by atoms with Crippen LogP contribution < -0.4 is 22.1 Å². The molecule has 9 heteroatoms. The van der Waals surface area contributed by atoms with Crippen LogP contribution in [-0.2, 0) is 14.4 Å². The number of ketones is 1. The summed E-state index contributed by atoms with van der Waals surface area (Å²) in [6.45, 7) is 0. The highest BCUT2D eigenvalue weighted by Gasteiger charge is 2.45. The van der Waals surface area contributed by atoms with E-state index < -0.39 is 11.9 Å². The second-order valence-electron chi connectivity index (χ2n) is 9.08. The smallest absolute Gasteiger partial charge is 0.243 e. The SMILES string of the molecule is NC(=O)C(N)c1ccc(Br)cc1.O=C1CCCC1.O=C1NC2(CCCC2)NC1c1ccc(Br)cc1. The number of nitrogens with one attached hydrogen (secondary N) is 2. The van der Waals surface area contributed by atoms with Crippen LogP contribution in [0.25, 0.3) is 0 Å². The van der Waals surface area contributed by atoms with E-state index in [1.54, 1.807) is 12.1 Å². The Morgan fingerprint density at radius 3 is 1.86 bits per heavy atom. The summed E-state index contributed by atoms with van der Waals surface area (Å²) in [6.07, 6.45) is 8.45. The number of hydrogen-bond acceptors (Lipinski definition) is 5. The van der Waals surface area contributed by atoms with Gasteiger partial charge in [-0.3, -0.25) is 19.7 Å². The molecule has 2 aliphatic carbocycles. The first-order valence-corrected chi connectivity index (χ1v) is 13.4. The van der Waals surface area contributed by atoms with E-state index in [0.29, 0.717) is 5.78 Å². The molecule has 2 unspecified atom stereocenters. The van der Waals surface area contributed by atoms with Crippen molar-refractivity contribution in [2.45, 2.75) is 69.1 Å². The molecule has 0 aromatic heterocycles. The molecule has 2 amide bonds. The average Bonchev–Trinajstić information content (AvgIpc) is 3.58. The van der Waals surface area contributed by atoms with Gasteiger partial charge in [-0.15, -0.1) is 0 Å². The Bertz CT molecular complexity index is 1010. The third kappa shape index (κ3) is 7.96. The van der Waals surface area contributed by atoms with Crippen molar-refractivity contribution in [1.29, 1.82) is 0 Å². The van der Waals surface area contributed by atoms with Gasteiger partial charge in [-0.05, 0) is 73.9 Å². The minimum atomic E-state index is -0.710. The highest BCUT2D eigenvalue weighted by atomic mass is 79.9. The highest BCUT2D eigenvalue weighted by Crippen LogP contribution is 2.34. The minimum absolute atomic E-state index is 0.106. The van der Waals surface area contributed by atoms with Crippen LogP contribution >= 0.6 is 31.9 Å². The number of nitrogens with two attached hydrogens (primary N) is 2. The zero-order chi connectivity index (χ0) is 25.4. The topological polar surface area (TPSA) is 127 Å². The van der Waals surface area contributed by atoms with Gasteiger partial charge in [-0.25, -0.2) is 0 Å². The van der Waals surface area contributed by atoms with Gasteiger partial charge in [0, 0.05) is 21.8 Å². The molecule has 3 aliphatic rings. The summed E-state index contributed by atoms with van der Waals surface area (Å²) in [7, 11) is 0. The van der Waals surface area contributed by atoms with E-state index in [9.17, 15) is 14.4 Å². The Hall–Kier alpha value is -2.07. The second-order valence-corrected chi connectivity index (χ2v) is 10.9. The second kappa shape index (κ2) is 12.8. The third-order valence-corrected chi connectivity index (χ3v) is 7.46. The molecule has 1 spiro atoms. The van der Waals surface area contributed by atoms with Crippen LogP contribution in [0.4, 0.5) is 0 Å². The van der Waals surface area contributed by atoms with Crippen molar-refractivity contribution in [3.8, 4) is 0 Å². The monoisotopic (exact) mass is 606 g/mol. The van der Waals surface area contributed by atoms with Gasteiger partial charge in [0.25, 0.3) is 0 Å². The van der Waals surface area contributed by atoms with Crippen LogP contribution in [0.15, 0.2) is 57.5 Å². The Morgan fingerprint density at radius 2 is 1.40 bits per heavy atom. The van der Waals surface area contributed by atoms with Crippen LogP contribution in [0, 0.1) is 0 Å². The number of Topliss-reactive ketones (excluding diaryl/α,β-unsaturated/α-hetero) is 1. The number of primary amides is 1. The Kier molecular flexibility index (Phi) is 10.0. The molecule has 1 saturated heterocycles. The van der Waals surface area contributed by atoms with Gasteiger partial charge in [-0.1, -0.05) is 56.1 Å². The van der Waals surface area contributed by atoms with E-state index in [1.807, 2.05) is 36.4 Å². The van der Waals surface area contributed by atoms with Crippen LogP contribution in [0.5, 0.6) is 0 Å². The van der Waals surface area contributed by atoms with Crippen molar-refractivity contribution in [3.05, 3.63) is 68.6 Å². The van der Waals surface area contributed by atoms with Crippen molar-refractivity contribution < 1.29 is 14.4 Å². The molecule has 3 fully saturated rings. The Balaban J connectivity index is 0.000000165. The molecule has 0 radical (unpaired) electrons. The highest BCUT2D eigenvalue weighted by molar-refractivity contribution is 9.10. The standard InChI is InChI=1S/C13H15BrN2O.C8H9BrN2O.C5H8O/c14-10-5-3-9(4-6-10)11-12(17)16-13(15-11)7-1-2-8-13;9-6-3-1-5(2-4-6)7(10)8(11)12;6-5-3-1-2-4-5/h3-6,11,15H,1-2,7-8H2,(H,16,17);1-4,7H,10H2,(H2,11,12);1-4H2. The summed E-state index contributed by atoms with van der Waals surface area (Å²) in [5.74, 6) is 0.0431. The summed E-state index contributed by atoms with van der Waals surface area (Å²) < 4.78 is 1.98. The Labute approximate surface area is 223 Å². The fraction of sp³-hybridized carbons (Fsp3) is 0.423. The molecular formula is C26H32Br2N4O3. The lowest BCUT2D eigenvalue weighted by Crippen LogP contribution is -2.46. The fourth-order valence-electron chi connectivity index (χ4n) is 4.43. The summed E-state index contributed by atoms with van der Waals surface area (Å²) in [4.78, 5) is 32.9. The first-order valence-electron chi connectivity index (χ1n) is 11.9. The molecule has 5 rings (SSSR count). The van der Waals surface area contributed by atoms with E-state index >= 15 is 0 Å². The number of carbonyl (C=O) groups excluding carboxylic acids is 3. The van der Waals surface area contributed by atoms with E-state index in [2.05, 4.69) is 42.5 Å². The number of rotatable bonds is 3. The molecule has 2 aromatic carbocycles. The maximum atomic E-state index is 12.0. The lowest BCUT2D eigenvalue weighted by molar-refractivity contribution is -0.121. The van der Waals surface area contributed by atoms with Gasteiger partial charge in [0.2, 0.25) is 11.8 Å². The molecule has 6 N–H and O–H groups in total. The molecule has 188 valence electrons. The van der Waals surface area contributed by atoms with Crippen molar-refractivity contribution in [2.24, 2.45) is 11.5 Å². The predicted octanol–water partition coefficient (Wildman–Crippen LogP) is 4.54. The molecule has 1 heterocycles. The zero-order valence-corrected chi connectivity index (χ0v) is 22.7. The van der Waals surface area contributed by atoms with E-state index in [4.69, 9.17) is 11.5 Å². The zero-order valence-electron chi connectivity index (χ0n) is 19.6. The molecule has 35 heavy (non-hydrogen) atoms. The normalized spacial score (nSPS) is 20.9. The number of carbonyl (C=O) groups is 3. The maximum absolute atomic E-state index is 12.0. The molecule has 2 saturated carbocycles. The first-order chi connectivity index (χ1) is 16.7. The van der Waals surface area contributed by atoms with E-state index in [-0.39, 0.29) is 17.6 Å². The quantitative estimate of drug-likeness (QED) is 0.407. The lowest BCUT2D eigenvalue weighted by Gasteiger charge is -2.23. The molecule has 2 aromatic rings. The maximum Gasteiger partial charge on any atom is 0.243 e. The number of amides is 2. The number of benzene rings is 2. The van der Waals surface area contributed by atoms with Crippen molar-refractivity contribution in [3.63, 3.8) is 0 Å². The summed E-state index contributed by atoms with van der Waals surface area (Å²) in [5, 5.41) is 6.61. The molecule has 7 nitrogen and oxygen atoms in total.